The van der Waals surface area contributed by atoms with E-state index in [1.807, 2.05) is 0 Å². The van der Waals surface area contributed by atoms with Gasteiger partial charge >= 0.3 is 6.18 Å². The average Bonchev–Trinajstić information content (AvgIpc) is 3.31. The minimum atomic E-state index is -4.94. The standard InChI is InChI=1S/C24H24F3N3O3/c1-15(31)29(2)9-6-10-33-17-11-19(16-13-28-30(3)14-16)22-18-7-4-5-8-20(18)23(32,21(22)12-17)24(25,26)27/h4-5,7-8,11-14,32H,6,9-10H2,1-3H3. The number of halogens is 3. The van der Waals surface area contributed by atoms with Crippen LogP contribution in [0.5, 0.6) is 5.75 Å². The first-order valence-electron chi connectivity index (χ1n) is 10.4. The molecule has 1 aliphatic rings. The van der Waals surface area contributed by atoms with E-state index in [4.69, 9.17) is 4.74 Å². The number of amides is 1. The number of hydrogen-bond acceptors (Lipinski definition) is 4. The summed E-state index contributed by atoms with van der Waals surface area (Å²) in [4.78, 5) is 12.9. The third-order valence-corrected chi connectivity index (χ3v) is 5.96. The Morgan fingerprint density at radius 2 is 1.94 bits per heavy atom. The van der Waals surface area contributed by atoms with Crippen LogP contribution in [0.4, 0.5) is 13.2 Å². The minimum Gasteiger partial charge on any atom is -0.493 e. The van der Waals surface area contributed by atoms with Gasteiger partial charge in [-0.2, -0.15) is 18.3 Å². The number of rotatable bonds is 6. The van der Waals surface area contributed by atoms with E-state index >= 15 is 0 Å². The van der Waals surface area contributed by atoms with E-state index in [1.165, 1.54) is 30.0 Å². The lowest BCUT2D eigenvalue weighted by Crippen LogP contribution is -2.41. The van der Waals surface area contributed by atoms with Crippen LogP contribution in [-0.4, -0.2) is 52.1 Å². The van der Waals surface area contributed by atoms with Crippen LogP contribution in [0.1, 0.15) is 24.5 Å². The van der Waals surface area contributed by atoms with Crippen LogP contribution in [0.25, 0.3) is 22.3 Å². The molecule has 0 aliphatic heterocycles. The fourth-order valence-corrected chi connectivity index (χ4v) is 4.18. The summed E-state index contributed by atoms with van der Waals surface area (Å²) < 4.78 is 50.2. The Kier molecular flexibility index (Phi) is 5.69. The lowest BCUT2D eigenvalue weighted by molar-refractivity contribution is -0.246. The molecule has 1 aliphatic carbocycles. The Morgan fingerprint density at radius 1 is 1.21 bits per heavy atom. The molecule has 1 heterocycles. The van der Waals surface area contributed by atoms with Crippen LogP contribution in [0.3, 0.4) is 0 Å². The number of ether oxygens (including phenoxy) is 1. The molecular formula is C24H24F3N3O3. The van der Waals surface area contributed by atoms with Crippen LogP contribution in [0, 0.1) is 0 Å². The number of aromatic nitrogens is 2. The highest BCUT2D eigenvalue weighted by molar-refractivity contribution is 5.93. The molecule has 0 fully saturated rings. The number of alkyl halides is 3. The lowest BCUT2D eigenvalue weighted by atomic mass is 9.89. The van der Waals surface area contributed by atoms with Crippen LogP contribution in [0.15, 0.2) is 48.8 Å². The maximum atomic E-state index is 14.3. The summed E-state index contributed by atoms with van der Waals surface area (Å²) in [6, 6.07) is 8.94. The third-order valence-electron chi connectivity index (χ3n) is 5.96. The zero-order chi connectivity index (χ0) is 24.0. The van der Waals surface area contributed by atoms with Crippen LogP contribution in [-0.2, 0) is 17.4 Å². The zero-order valence-electron chi connectivity index (χ0n) is 18.5. The first kappa shape index (κ1) is 22.8. The molecule has 4 rings (SSSR count). The number of hydrogen-bond donors (Lipinski definition) is 1. The monoisotopic (exact) mass is 459 g/mol. The van der Waals surface area contributed by atoms with Crippen molar-refractivity contribution in [2.45, 2.75) is 25.1 Å². The minimum absolute atomic E-state index is 0.0839. The van der Waals surface area contributed by atoms with Crippen molar-refractivity contribution in [3.05, 3.63) is 59.9 Å². The molecule has 1 atom stereocenters. The maximum Gasteiger partial charge on any atom is 0.425 e. The van der Waals surface area contributed by atoms with Gasteiger partial charge in [0.25, 0.3) is 0 Å². The Morgan fingerprint density at radius 3 is 2.58 bits per heavy atom. The summed E-state index contributed by atoms with van der Waals surface area (Å²) in [5, 5.41) is 15.2. The van der Waals surface area contributed by atoms with Gasteiger partial charge in [-0.15, -0.1) is 0 Å². The molecule has 0 bridgehead atoms. The molecule has 1 unspecified atom stereocenters. The van der Waals surface area contributed by atoms with Crippen LogP contribution >= 0.6 is 0 Å². The van der Waals surface area contributed by atoms with Crippen LogP contribution < -0.4 is 4.74 Å². The van der Waals surface area contributed by atoms with Gasteiger partial charge in [-0.1, -0.05) is 24.3 Å². The second-order valence-corrected chi connectivity index (χ2v) is 8.19. The maximum absolute atomic E-state index is 14.3. The first-order valence-corrected chi connectivity index (χ1v) is 10.4. The molecule has 0 spiro atoms. The number of benzene rings is 2. The van der Waals surface area contributed by atoms with Crippen molar-refractivity contribution in [2.75, 3.05) is 20.2 Å². The highest BCUT2D eigenvalue weighted by Gasteiger charge is 2.61. The topological polar surface area (TPSA) is 67.6 Å². The summed E-state index contributed by atoms with van der Waals surface area (Å²) in [5.41, 5.74) is -1.92. The van der Waals surface area contributed by atoms with Gasteiger partial charge in [0.2, 0.25) is 11.5 Å². The Labute approximate surface area is 189 Å². The molecular weight excluding hydrogens is 435 g/mol. The van der Waals surface area contributed by atoms with Gasteiger partial charge in [0.15, 0.2) is 0 Å². The lowest BCUT2D eigenvalue weighted by Gasteiger charge is -2.28. The largest absolute Gasteiger partial charge is 0.493 e. The molecule has 33 heavy (non-hydrogen) atoms. The van der Waals surface area contributed by atoms with E-state index in [0.717, 1.165) is 0 Å². The van der Waals surface area contributed by atoms with Crippen LogP contribution in [0.2, 0.25) is 0 Å². The number of fused-ring (bicyclic) bond motifs is 3. The second kappa shape index (κ2) is 8.22. The SMILES string of the molecule is CC(=O)N(C)CCCOc1cc(-c2cnn(C)c2)c2c(c1)C(O)(C(F)(F)F)c1ccccc1-2. The van der Waals surface area contributed by atoms with Gasteiger partial charge in [0.05, 0.1) is 12.8 Å². The second-order valence-electron chi connectivity index (χ2n) is 8.19. The highest BCUT2D eigenvalue weighted by Crippen LogP contribution is 2.58. The Bertz CT molecular complexity index is 1210. The number of carbonyl (C=O) groups excluding carboxylic acids is 1. The molecule has 0 saturated carbocycles. The average molecular weight is 459 g/mol. The molecule has 1 aromatic heterocycles. The van der Waals surface area contributed by atoms with Gasteiger partial charge < -0.3 is 14.7 Å². The number of nitrogens with zero attached hydrogens (tertiary/aromatic N) is 3. The predicted molar refractivity (Wildman–Crippen MR) is 117 cm³/mol. The molecule has 6 nitrogen and oxygen atoms in total. The number of carbonyl (C=O) groups is 1. The molecule has 1 amide bonds. The third kappa shape index (κ3) is 3.86. The molecule has 2 aromatic carbocycles. The predicted octanol–water partition coefficient (Wildman–Crippen LogP) is 4.11. The van der Waals surface area contributed by atoms with Gasteiger partial charge in [0.1, 0.15) is 5.75 Å². The normalized spacial score (nSPS) is 16.9. The molecule has 174 valence electrons. The summed E-state index contributed by atoms with van der Waals surface area (Å²) in [6.07, 6.45) is -1.17. The van der Waals surface area contributed by atoms with Gasteiger partial charge in [0, 0.05) is 50.5 Å². The van der Waals surface area contributed by atoms with E-state index in [2.05, 4.69) is 5.10 Å². The number of aliphatic hydroxyl groups is 1. The van der Waals surface area contributed by atoms with Crippen molar-refractivity contribution in [2.24, 2.45) is 7.05 Å². The summed E-state index contributed by atoms with van der Waals surface area (Å²) >= 11 is 0. The number of aryl methyl sites for hydroxylation is 1. The zero-order valence-corrected chi connectivity index (χ0v) is 18.5. The van der Waals surface area contributed by atoms with Crippen molar-refractivity contribution in [1.29, 1.82) is 0 Å². The van der Waals surface area contributed by atoms with Gasteiger partial charge in [-0.05, 0) is 35.2 Å². The van der Waals surface area contributed by atoms with Crippen molar-refractivity contribution >= 4 is 5.91 Å². The van der Waals surface area contributed by atoms with Gasteiger partial charge in [-0.3, -0.25) is 9.48 Å². The molecule has 3 aromatic rings. The fourth-order valence-electron chi connectivity index (χ4n) is 4.18. The quantitative estimate of drug-likeness (QED) is 0.564. The molecule has 1 N–H and O–H groups in total. The Balaban J connectivity index is 1.81. The van der Waals surface area contributed by atoms with E-state index in [-0.39, 0.29) is 29.4 Å². The van der Waals surface area contributed by atoms with Crippen molar-refractivity contribution in [3.63, 3.8) is 0 Å². The van der Waals surface area contributed by atoms with Crippen molar-refractivity contribution in [3.8, 4) is 28.0 Å². The van der Waals surface area contributed by atoms with E-state index in [1.54, 1.807) is 49.4 Å². The van der Waals surface area contributed by atoms with Gasteiger partial charge in [-0.25, -0.2) is 0 Å². The molecule has 0 radical (unpaired) electrons. The van der Waals surface area contributed by atoms with Crippen molar-refractivity contribution in [1.82, 2.24) is 14.7 Å². The van der Waals surface area contributed by atoms with E-state index in [9.17, 15) is 23.1 Å². The summed E-state index contributed by atoms with van der Waals surface area (Å²) in [6.45, 7) is 2.10. The Hall–Kier alpha value is -3.33. The smallest absolute Gasteiger partial charge is 0.425 e. The first-order chi connectivity index (χ1) is 15.5. The summed E-state index contributed by atoms with van der Waals surface area (Å²) in [7, 11) is 3.38. The molecule has 0 saturated heterocycles. The highest BCUT2D eigenvalue weighted by atomic mass is 19.4. The fraction of sp³-hybridized carbons (Fsp3) is 0.333. The summed E-state index contributed by atoms with van der Waals surface area (Å²) in [5.74, 6) is 0.118. The van der Waals surface area contributed by atoms with E-state index in [0.29, 0.717) is 35.2 Å². The van der Waals surface area contributed by atoms with Crippen molar-refractivity contribution < 1.29 is 27.8 Å². The van der Waals surface area contributed by atoms with E-state index < -0.39 is 11.8 Å². The molecule has 9 heteroatoms.